The van der Waals surface area contributed by atoms with Crippen molar-refractivity contribution in [3.63, 3.8) is 0 Å². The lowest BCUT2D eigenvalue weighted by atomic mass is 10.0. The third-order valence-electron chi connectivity index (χ3n) is 2.78. The summed E-state index contributed by atoms with van der Waals surface area (Å²) in [6.45, 7) is 4.96. The number of hydrogen-bond donors (Lipinski definition) is 1. The summed E-state index contributed by atoms with van der Waals surface area (Å²) >= 11 is 0. The molecule has 1 aliphatic heterocycles. The highest BCUT2D eigenvalue weighted by atomic mass is 32.2. The number of nitrogens with one attached hydrogen (secondary N) is 1. The van der Waals surface area contributed by atoms with E-state index in [0.717, 1.165) is 19.4 Å². The maximum absolute atomic E-state index is 11.7. The van der Waals surface area contributed by atoms with Gasteiger partial charge in [0.15, 0.2) is 9.84 Å². The molecule has 0 spiro atoms. The van der Waals surface area contributed by atoms with Gasteiger partial charge in [-0.2, -0.15) is 0 Å². The number of rotatable bonds is 5. The van der Waals surface area contributed by atoms with Crippen LogP contribution in [0.25, 0.3) is 0 Å². The van der Waals surface area contributed by atoms with Crippen LogP contribution < -0.4 is 5.32 Å². The Labute approximate surface area is 93.6 Å². The summed E-state index contributed by atoms with van der Waals surface area (Å²) in [5.74, 6) is 0.928. The van der Waals surface area contributed by atoms with Gasteiger partial charge in [0.1, 0.15) is 0 Å². The van der Waals surface area contributed by atoms with Crippen LogP contribution in [-0.2, 0) is 9.84 Å². The fourth-order valence-electron chi connectivity index (χ4n) is 2.08. The highest BCUT2D eigenvalue weighted by Crippen LogP contribution is 2.12. The fourth-order valence-corrected chi connectivity index (χ4v) is 3.91. The van der Waals surface area contributed by atoms with E-state index in [0.29, 0.717) is 17.5 Å². The molecule has 1 heterocycles. The van der Waals surface area contributed by atoms with E-state index in [2.05, 4.69) is 5.32 Å². The maximum atomic E-state index is 11.7. The van der Waals surface area contributed by atoms with Gasteiger partial charge in [0, 0.05) is 6.04 Å². The quantitative estimate of drug-likeness (QED) is 0.784. The third kappa shape index (κ3) is 5.52. The van der Waals surface area contributed by atoms with Crippen LogP contribution in [0.3, 0.4) is 0 Å². The van der Waals surface area contributed by atoms with Crippen molar-refractivity contribution in [2.45, 2.75) is 45.6 Å². The predicted molar refractivity (Wildman–Crippen MR) is 63.8 cm³/mol. The molecule has 15 heavy (non-hydrogen) atoms. The summed E-state index contributed by atoms with van der Waals surface area (Å²) in [5.41, 5.74) is 0. The van der Waals surface area contributed by atoms with E-state index < -0.39 is 9.84 Å². The zero-order valence-corrected chi connectivity index (χ0v) is 10.6. The largest absolute Gasteiger partial charge is 0.314 e. The second-order valence-electron chi connectivity index (χ2n) is 4.94. The van der Waals surface area contributed by atoms with Gasteiger partial charge in [-0.25, -0.2) is 8.42 Å². The smallest absolute Gasteiger partial charge is 0.150 e. The Kier molecular flexibility index (Phi) is 5.06. The lowest BCUT2D eigenvalue weighted by Crippen LogP contribution is -2.35. The van der Waals surface area contributed by atoms with Gasteiger partial charge in [-0.3, -0.25) is 0 Å². The molecule has 0 aliphatic carbocycles. The molecule has 0 bridgehead atoms. The minimum absolute atomic E-state index is 0.245. The van der Waals surface area contributed by atoms with Gasteiger partial charge in [-0.15, -0.1) is 0 Å². The van der Waals surface area contributed by atoms with Crippen molar-refractivity contribution in [3.05, 3.63) is 0 Å². The molecule has 0 radical (unpaired) electrons. The second-order valence-corrected chi connectivity index (χ2v) is 7.17. The van der Waals surface area contributed by atoms with E-state index in [1.165, 1.54) is 12.8 Å². The average Bonchev–Trinajstić information content (AvgIpc) is 2.15. The van der Waals surface area contributed by atoms with Crippen LogP contribution in [0.15, 0.2) is 0 Å². The first-order chi connectivity index (χ1) is 6.99. The summed E-state index contributed by atoms with van der Waals surface area (Å²) in [5, 5.41) is 3.38. The minimum Gasteiger partial charge on any atom is -0.314 e. The normalized spacial score (nSPS) is 23.3. The van der Waals surface area contributed by atoms with E-state index in [-0.39, 0.29) is 5.92 Å². The van der Waals surface area contributed by atoms with Crippen LogP contribution in [0.5, 0.6) is 0 Å². The van der Waals surface area contributed by atoms with Crippen molar-refractivity contribution in [2.75, 3.05) is 18.1 Å². The average molecular weight is 233 g/mol. The summed E-state index contributed by atoms with van der Waals surface area (Å²) in [6.07, 6.45) is 4.39. The Bertz CT molecular complexity index is 266. The molecule has 0 aromatic heterocycles. The summed E-state index contributed by atoms with van der Waals surface area (Å²) in [4.78, 5) is 0. The molecule has 1 unspecified atom stereocenters. The van der Waals surface area contributed by atoms with Crippen LogP contribution >= 0.6 is 0 Å². The Morgan fingerprint density at radius 1 is 1.33 bits per heavy atom. The maximum Gasteiger partial charge on any atom is 0.150 e. The summed E-state index contributed by atoms with van der Waals surface area (Å²) in [7, 11) is -2.82. The Hall–Kier alpha value is -0.0900. The first-order valence-corrected chi connectivity index (χ1v) is 7.75. The minimum atomic E-state index is -2.82. The molecular weight excluding hydrogens is 210 g/mol. The van der Waals surface area contributed by atoms with E-state index in [1.807, 2.05) is 13.8 Å². The van der Waals surface area contributed by atoms with E-state index in [4.69, 9.17) is 0 Å². The van der Waals surface area contributed by atoms with Crippen molar-refractivity contribution >= 4 is 9.84 Å². The molecule has 1 aliphatic rings. The van der Waals surface area contributed by atoms with Crippen LogP contribution in [0, 0.1) is 5.92 Å². The van der Waals surface area contributed by atoms with E-state index >= 15 is 0 Å². The molecule has 0 amide bonds. The monoisotopic (exact) mass is 233 g/mol. The molecule has 1 N–H and O–H groups in total. The number of sulfone groups is 1. The van der Waals surface area contributed by atoms with Crippen LogP contribution in [-0.4, -0.2) is 32.5 Å². The molecular formula is C11H23NO2S. The summed E-state index contributed by atoms with van der Waals surface area (Å²) < 4.78 is 23.3. The molecule has 0 aromatic rings. The molecule has 90 valence electrons. The van der Waals surface area contributed by atoms with Crippen molar-refractivity contribution in [1.82, 2.24) is 5.32 Å². The van der Waals surface area contributed by atoms with Gasteiger partial charge in [0.25, 0.3) is 0 Å². The van der Waals surface area contributed by atoms with Crippen LogP contribution in [0.4, 0.5) is 0 Å². The van der Waals surface area contributed by atoms with Gasteiger partial charge in [0.05, 0.1) is 11.5 Å². The Morgan fingerprint density at radius 2 is 2.07 bits per heavy atom. The predicted octanol–water partition coefficient (Wildman–Crippen LogP) is 1.59. The highest BCUT2D eigenvalue weighted by molar-refractivity contribution is 7.91. The summed E-state index contributed by atoms with van der Waals surface area (Å²) in [6, 6.07) is 0.431. The van der Waals surface area contributed by atoms with Gasteiger partial charge >= 0.3 is 0 Å². The van der Waals surface area contributed by atoms with Gasteiger partial charge in [-0.1, -0.05) is 20.3 Å². The van der Waals surface area contributed by atoms with E-state index in [9.17, 15) is 8.42 Å². The standard InChI is InChI=1S/C11H23NO2S/c1-10(2)9-15(13,14)8-6-11-5-3-4-7-12-11/h10-12H,3-9H2,1-2H3. The highest BCUT2D eigenvalue weighted by Gasteiger charge is 2.18. The number of piperidine rings is 1. The van der Waals surface area contributed by atoms with Gasteiger partial charge in [-0.05, 0) is 31.7 Å². The second kappa shape index (κ2) is 5.85. The van der Waals surface area contributed by atoms with Crippen molar-refractivity contribution in [2.24, 2.45) is 5.92 Å². The molecule has 1 saturated heterocycles. The number of hydrogen-bond acceptors (Lipinski definition) is 3. The molecule has 1 atom stereocenters. The first-order valence-electron chi connectivity index (χ1n) is 5.93. The van der Waals surface area contributed by atoms with Crippen molar-refractivity contribution in [1.29, 1.82) is 0 Å². The van der Waals surface area contributed by atoms with E-state index in [1.54, 1.807) is 0 Å². The topological polar surface area (TPSA) is 46.2 Å². The molecule has 0 aromatic carbocycles. The lowest BCUT2D eigenvalue weighted by molar-refractivity contribution is 0.392. The van der Waals surface area contributed by atoms with Crippen molar-refractivity contribution in [3.8, 4) is 0 Å². The first kappa shape index (κ1) is 13.0. The third-order valence-corrected chi connectivity index (χ3v) is 4.81. The molecule has 1 fully saturated rings. The molecule has 0 saturated carbocycles. The molecule has 4 heteroatoms. The van der Waals surface area contributed by atoms with Crippen molar-refractivity contribution < 1.29 is 8.42 Å². The SMILES string of the molecule is CC(C)CS(=O)(=O)CCC1CCCCN1. The zero-order chi connectivity index (χ0) is 11.3. The molecule has 3 nitrogen and oxygen atoms in total. The molecule has 1 rings (SSSR count). The zero-order valence-electron chi connectivity index (χ0n) is 9.83. The van der Waals surface area contributed by atoms with Gasteiger partial charge in [0.2, 0.25) is 0 Å². The fraction of sp³-hybridized carbons (Fsp3) is 1.00. The van der Waals surface area contributed by atoms with Crippen LogP contribution in [0.1, 0.15) is 39.5 Å². The Balaban J connectivity index is 2.28. The lowest BCUT2D eigenvalue weighted by Gasteiger charge is -2.23. The van der Waals surface area contributed by atoms with Crippen LogP contribution in [0.2, 0.25) is 0 Å². The van der Waals surface area contributed by atoms with Gasteiger partial charge < -0.3 is 5.32 Å². The Morgan fingerprint density at radius 3 is 2.60 bits per heavy atom.